The molecule has 2 rings (SSSR count). The molecule has 1 amide bonds. The largest absolute Gasteiger partial charge is 0.376 e. The fraction of sp³-hybridized carbons (Fsp3) is 0.462. The smallest absolute Gasteiger partial charge is 0.251 e. The zero-order chi connectivity index (χ0) is 13.3. The second-order valence-electron chi connectivity index (χ2n) is 4.76. The quantitative estimate of drug-likeness (QED) is 0.911. The molecule has 18 heavy (non-hydrogen) atoms. The molecule has 98 valence electrons. The summed E-state index contributed by atoms with van der Waals surface area (Å²) in [4.78, 5) is 12.1. The van der Waals surface area contributed by atoms with E-state index in [1.165, 1.54) is 18.2 Å². The summed E-state index contributed by atoms with van der Waals surface area (Å²) in [6.07, 6.45) is 0.757. The Morgan fingerprint density at radius 1 is 1.61 bits per heavy atom. The predicted octanol–water partition coefficient (Wildman–Crippen LogP) is 2.89. The van der Waals surface area contributed by atoms with Crippen LogP contribution in [0.4, 0.5) is 4.39 Å². The van der Waals surface area contributed by atoms with Crippen LogP contribution in [0.3, 0.4) is 0 Å². The molecule has 1 aliphatic heterocycles. The van der Waals surface area contributed by atoms with Crippen LogP contribution in [0.15, 0.2) is 22.7 Å². The summed E-state index contributed by atoms with van der Waals surface area (Å²) in [6.45, 7) is 4.54. The molecule has 1 fully saturated rings. The fourth-order valence-corrected chi connectivity index (χ4v) is 2.35. The number of carbonyl (C=O) groups excluding carboxylic acids is 1. The number of carbonyl (C=O) groups is 1. The average Bonchev–Trinajstić information content (AvgIpc) is 2.63. The third kappa shape index (κ3) is 2.57. The van der Waals surface area contributed by atoms with Crippen molar-refractivity contribution in [2.75, 3.05) is 6.61 Å². The minimum atomic E-state index is -0.379. The molecule has 3 nitrogen and oxygen atoms in total. The number of nitrogens with one attached hydrogen (secondary N) is 1. The van der Waals surface area contributed by atoms with Gasteiger partial charge >= 0.3 is 0 Å². The van der Waals surface area contributed by atoms with E-state index in [9.17, 15) is 9.18 Å². The molecule has 1 heterocycles. The summed E-state index contributed by atoms with van der Waals surface area (Å²) in [5.74, 6) is -0.592. The first-order valence-corrected chi connectivity index (χ1v) is 6.61. The van der Waals surface area contributed by atoms with E-state index in [0.717, 1.165) is 6.42 Å². The number of amides is 1. The third-order valence-corrected chi connectivity index (χ3v) is 4.08. The van der Waals surface area contributed by atoms with Crippen molar-refractivity contribution in [1.82, 2.24) is 5.32 Å². The molecule has 5 heteroatoms. The first-order valence-electron chi connectivity index (χ1n) is 5.81. The second-order valence-corrected chi connectivity index (χ2v) is 5.62. The molecule has 1 aliphatic rings. The van der Waals surface area contributed by atoms with Crippen LogP contribution >= 0.6 is 15.9 Å². The summed E-state index contributed by atoms with van der Waals surface area (Å²) >= 11 is 3.07. The van der Waals surface area contributed by atoms with Gasteiger partial charge in [0, 0.05) is 12.2 Å². The Morgan fingerprint density at radius 2 is 2.33 bits per heavy atom. The maximum atomic E-state index is 13.1. The highest BCUT2D eigenvalue weighted by molar-refractivity contribution is 9.10. The van der Waals surface area contributed by atoms with Crippen LogP contribution in [-0.4, -0.2) is 24.2 Å². The van der Waals surface area contributed by atoms with E-state index in [0.29, 0.717) is 12.2 Å². The monoisotopic (exact) mass is 315 g/mol. The minimum Gasteiger partial charge on any atom is -0.376 e. The highest BCUT2D eigenvalue weighted by atomic mass is 79.9. The lowest BCUT2D eigenvalue weighted by Crippen LogP contribution is -2.50. The Morgan fingerprint density at radius 3 is 2.89 bits per heavy atom. The van der Waals surface area contributed by atoms with Gasteiger partial charge in [0.1, 0.15) is 5.82 Å². The lowest BCUT2D eigenvalue weighted by molar-refractivity contribution is 0.0727. The zero-order valence-electron chi connectivity index (χ0n) is 10.3. The summed E-state index contributed by atoms with van der Waals surface area (Å²) in [5.41, 5.74) is 0.0707. The molecule has 0 spiro atoms. The van der Waals surface area contributed by atoms with Crippen molar-refractivity contribution in [3.05, 3.63) is 34.1 Å². The van der Waals surface area contributed by atoms with Gasteiger partial charge in [-0.05, 0) is 54.4 Å². The molecule has 0 aliphatic carbocycles. The van der Waals surface area contributed by atoms with Gasteiger partial charge in [0.2, 0.25) is 0 Å². The average molecular weight is 316 g/mol. The number of hydrogen-bond donors (Lipinski definition) is 1. The van der Waals surface area contributed by atoms with E-state index in [1.807, 2.05) is 13.8 Å². The molecule has 1 N–H and O–H groups in total. The van der Waals surface area contributed by atoms with Crippen molar-refractivity contribution in [1.29, 1.82) is 0 Å². The number of ether oxygens (including phenoxy) is 1. The van der Waals surface area contributed by atoms with Gasteiger partial charge in [-0.15, -0.1) is 0 Å². The number of halogens is 2. The van der Waals surface area contributed by atoms with E-state index in [2.05, 4.69) is 21.2 Å². The third-order valence-electron chi connectivity index (χ3n) is 3.47. The maximum absolute atomic E-state index is 13.1. The fourth-order valence-electron chi connectivity index (χ4n) is 1.97. The van der Waals surface area contributed by atoms with Crippen LogP contribution in [0, 0.1) is 5.82 Å². The lowest BCUT2D eigenvalue weighted by Gasteiger charge is -2.28. The van der Waals surface area contributed by atoms with Gasteiger partial charge in [0.05, 0.1) is 16.1 Å². The zero-order valence-corrected chi connectivity index (χ0v) is 11.9. The number of benzene rings is 1. The highest BCUT2D eigenvalue weighted by Crippen LogP contribution is 2.26. The van der Waals surface area contributed by atoms with Crippen LogP contribution in [0.25, 0.3) is 0 Å². The van der Waals surface area contributed by atoms with Gasteiger partial charge in [0.15, 0.2) is 0 Å². The SMILES string of the molecule is CC1OCCC1(C)NC(=O)c1ccc(F)c(Br)c1. The maximum Gasteiger partial charge on any atom is 0.251 e. The molecule has 0 aromatic heterocycles. The first kappa shape index (κ1) is 13.5. The van der Waals surface area contributed by atoms with Crippen LogP contribution in [0.2, 0.25) is 0 Å². The molecule has 0 bridgehead atoms. The highest BCUT2D eigenvalue weighted by Gasteiger charge is 2.38. The summed E-state index contributed by atoms with van der Waals surface area (Å²) in [6, 6.07) is 4.23. The summed E-state index contributed by atoms with van der Waals surface area (Å²) in [5, 5.41) is 2.96. The normalized spacial score (nSPS) is 27.2. The Hall–Kier alpha value is -0.940. The Bertz CT molecular complexity index is 480. The Balaban J connectivity index is 2.14. The molecule has 0 radical (unpaired) electrons. The van der Waals surface area contributed by atoms with Crippen LogP contribution < -0.4 is 5.32 Å². The summed E-state index contributed by atoms with van der Waals surface area (Å²) in [7, 11) is 0. The molecule has 2 unspecified atom stereocenters. The second kappa shape index (κ2) is 4.97. The molecule has 1 saturated heterocycles. The van der Waals surface area contributed by atoms with E-state index in [-0.39, 0.29) is 27.8 Å². The molecule has 2 atom stereocenters. The molecular formula is C13H15BrFNO2. The van der Waals surface area contributed by atoms with Crippen molar-refractivity contribution in [2.24, 2.45) is 0 Å². The van der Waals surface area contributed by atoms with Crippen LogP contribution in [0.1, 0.15) is 30.6 Å². The molecule has 1 aromatic carbocycles. The van der Waals surface area contributed by atoms with Gasteiger partial charge in [-0.2, -0.15) is 0 Å². The Kier molecular flexibility index (Phi) is 3.73. The van der Waals surface area contributed by atoms with E-state index in [4.69, 9.17) is 4.74 Å². The van der Waals surface area contributed by atoms with Crippen LogP contribution in [-0.2, 0) is 4.74 Å². The first-order chi connectivity index (χ1) is 8.42. The van der Waals surface area contributed by atoms with Gasteiger partial charge in [-0.25, -0.2) is 4.39 Å². The van der Waals surface area contributed by atoms with E-state index < -0.39 is 0 Å². The lowest BCUT2D eigenvalue weighted by atomic mass is 9.94. The topological polar surface area (TPSA) is 38.3 Å². The number of rotatable bonds is 2. The van der Waals surface area contributed by atoms with Crippen molar-refractivity contribution in [2.45, 2.75) is 31.9 Å². The molecule has 0 saturated carbocycles. The van der Waals surface area contributed by atoms with E-state index in [1.54, 1.807) is 0 Å². The molecular weight excluding hydrogens is 301 g/mol. The van der Waals surface area contributed by atoms with Gasteiger partial charge < -0.3 is 10.1 Å². The Labute approximate surface area is 114 Å². The van der Waals surface area contributed by atoms with Crippen LogP contribution in [0.5, 0.6) is 0 Å². The van der Waals surface area contributed by atoms with Crippen molar-refractivity contribution in [3.8, 4) is 0 Å². The standard InChI is InChI=1S/C13H15BrFNO2/c1-8-13(2,5-6-18-8)16-12(17)9-3-4-11(15)10(14)7-9/h3-4,7-8H,5-6H2,1-2H3,(H,16,17). The van der Waals surface area contributed by atoms with Crippen molar-refractivity contribution >= 4 is 21.8 Å². The minimum absolute atomic E-state index is 0.0228. The van der Waals surface area contributed by atoms with E-state index >= 15 is 0 Å². The van der Waals surface area contributed by atoms with Crippen molar-refractivity contribution in [3.63, 3.8) is 0 Å². The van der Waals surface area contributed by atoms with Gasteiger partial charge in [-0.3, -0.25) is 4.79 Å². The predicted molar refractivity (Wildman–Crippen MR) is 70.0 cm³/mol. The molecule has 1 aromatic rings. The van der Waals surface area contributed by atoms with Gasteiger partial charge in [0.25, 0.3) is 5.91 Å². The van der Waals surface area contributed by atoms with Gasteiger partial charge in [-0.1, -0.05) is 0 Å². The number of hydrogen-bond acceptors (Lipinski definition) is 2. The summed E-state index contributed by atoms with van der Waals surface area (Å²) < 4.78 is 18.9. The van der Waals surface area contributed by atoms with Crippen molar-refractivity contribution < 1.29 is 13.9 Å².